The number of carboxylic acids is 1. The van der Waals surface area contributed by atoms with Crippen molar-refractivity contribution in [3.8, 4) is 0 Å². The fourth-order valence-corrected chi connectivity index (χ4v) is 2.66. The van der Waals surface area contributed by atoms with E-state index >= 15 is 0 Å². The first-order valence-corrected chi connectivity index (χ1v) is 6.33. The van der Waals surface area contributed by atoms with Crippen molar-refractivity contribution in [2.75, 3.05) is 0 Å². The molecule has 86 valence electrons. The summed E-state index contributed by atoms with van der Waals surface area (Å²) in [5, 5.41) is 14.2. The van der Waals surface area contributed by atoms with Gasteiger partial charge in [0.2, 0.25) is 0 Å². The molecule has 0 saturated heterocycles. The van der Waals surface area contributed by atoms with Crippen LogP contribution in [0.3, 0.4) is 0 Å². The van der Waals surface area contributed by atoms with Crippen molar-refractivity contribution in [3.63, 3.8) is 0 Å². The second kappa shape index (κ2) is 5.27. The Morgan fingerprint density at radius 1 is 1.56 bits per heavy atom. The van der Waals surface area contributed by atoms with E-state index in [1.807, 2.05) is 11.4 Å². The molecule has 2 N–H and O–H groups in total. The zero-order valence-corrected chi connectivity index (χ0v) is 9.80. The maximum Gasteiger partial charge on any atom is 0.346 e. The number of hydrogen-bond acceptors (Lipinski definition) is 3. The number of allylic oxidation sites excluding steroid dienone is 1. The lowest BCUT2D eigenvalue weighted by Crippen LogP contribution is -2.29. The van der Waals surface area contributed by atoms with E-state index in [9.17, 15) is 4.79 Å². The van der Waals surface area contributed by atoms with Crippen LogP contribution in [0.15, 0.2) is 23.6 Å². The van der Waals surface area contributed by atoms with Gasteiger partial charge in [-0.2, -0.15) is 0 Å². The SMILES string of the molecule is O=C(O)c1sccc1CNC1CC=CCC1. The fourth-order valence-electron chi connectivity index (χ4n) is 1.90. The highest BCUT2D eigenvalue weighted by molar-refractivity contribution is 7.12. The predicted octanol–water partition coefficient (Wildman–Crippen LogP) is 2.64. The lowest BCUT2D eigenvalue weighted by Gasteiger charge is -2.19. The Kier molecular flexibility index (Phi) is 3.74. The third-order valence-electron chi connectivity index (χ3n) is 2.79. The van der Waals surface area contributed by atoms with Gasteiger partial charge in [-0.05, 0) is 36.3 Å². The van der Waals surface area contributed by atoms with E-state index < -0.39 is 5.97 Å². The second-order valence-corrected chi connectivity index (χ2v) is 4.86. The minimum Gasteiger partial charge on any atom is -0.477 e. The van der Waals surface area contributed by atoms with Crippen molar-refractivity contribution in [2.24, 2.45) is 0 Å². The molecule has 0 fully saturated rings. The highest BCUT2D eigenvalue weighted by Crippen LogP contribution is 2.18. The number of rotatable bonds is 4. The molecular formula is C12H15NO2S. The highest BCUT2D eigenvalue weighted by atomic mass is 32.1. The summed E-state index contributed by atoms with van der Waals surface area (Å²) in [6.07, 6.45) is 7.70. The first-order chi connectivity index (χ1) is 7.77. The Hall–Kier alpha value is -1.13. The summed E-state index contributed by atoms with van der Waals surface area (Å²) in [7, 11) is 0. The van der Waals surface area contributed by atoms with Crippen LogP contribution in [-0.4, -0.2) is 17.1 Å². The quantitative estimate of drug-likeness (QED) is 0.791. The minimum atomic E-state index is -0.824. The lowest BCUT2D eigenvalue weighted by atomic mass is 10.0. The van der Waals surface area contributed by atoms with Crippen molar-refractivity contribution in [1.29, 1.82) is 0 Å². The Morgan fingerprint density at radius 3 is 3.12 bits per heavy atom. The molecule has 3 nitrogen and oxygen atoms in total. The van der Waals surface area contributed by atoms with Gasteiger partial charge in [0.05, 0.1) is 0 Å². The van der Waals surface area contributed by atoms with Gasteiger partial charge in [0.15, 0.2) is 0 Å². The van der Waals surface area contributed by atoms with Crippen LogP contribution in [0.5, 0.6) is 0 Å². The largest absolute Gasteiger partial charge is 0.477 e. The number of thiophene rings is 1. The van der Waals surface area contributed by atoms with Gasteiger partial charge >= 0.3 is 5.97 Å². The predicted molar refractivity (Wildman–Crippen MR) is 64.9 cm³/mol. The molecule has 2 rings (SSSR count). The topological polar surface area (TPSA) is 49.3 Å². The molecule has 0 saturated carbocycles. The molecule has 1 aliphatic rings. The molecule has 0 amide bonds. The van der Waals surface area contributed by atoms with Gasteiger partial charge in [-0.25, -0.2) is 4.79 Å². The molecule has 0 aliphatic heterocycles. The van der Waals surface area contributed by atoms with E-state index in [1.165, 1.54) is 11.3 Å². The number of aromatic carboxylic acids is 1. The van der Waals surface area contributed by atoms with Gasteiger partial charge in [0.1, 0.15) is 4.88 Å². The van der Waals surface area contributed by atoms with Crippen molar-refractivity contribution in [1.82, 2.24) is 5.32 Å². The molecule has 1 heterocycles. The number of carboxylic acid groups (broad SMARTS) is 1. The van der Waals surface area contributed by atoms with Gasteiger partial charge in [-0.15, -0.1) is 11.3 Å². The molecule has 0 radical (unpaired) electrons. The monoisotopic (exact) mass is 237 g/mol. The Bertz CT molecular complexity index is 397. The van der Waals surface area contributed by atoms with Crippen LogP contribution in [0.2, 0.25) is 0 Å². The Labute approximate surface area is 98.8 Å². The van der Waals surface area contributed by atoms with Crippen molar-refractivity contribution >= 4 is 17.3 Å². The van der Waals surface area contributed by atoms with E-state index in [0.29, 0.717) is 17.5 Å². The van der Waals surface area contributed by atoms with Gasteiger partial charge < -0.3 is 10.4 Å². The van der Waals surface area contributed by atoms with Gasteiger partial charge in [-0.1, -0.05) is 12.2 Å². The standard InChI is InChI=1S/C12H15NO2S/c14-12(15)11-9(6-7-16-11)8-13-10-4-2-1-3-5-10/h1-2,6-7,10,13H,3-5,8H2,(H,14,15). The van der Waals surface area contributed by atoms with E-state index in [1.54, 1.807) is 0 Å². The maximum absolute atomic E-state index is 10.9. The number of carbonyl (C=O) groups is 1. The van der Waals surface area contributed by atoms with Gasteiger partial charge in [-0.3, -0.25) is 0 Å². The van der Waals surface area contributed by atoms with Gasteiger partial charge in [0, 0.05) is 12.6 Å². The molecule has 1 aromatic heterocycles. The molecular weight excluding hydrogens is 222 g/mol. The molecule has 1 unspecified atom stereocenters. The first kappa shape index (κ1) is 11.4. The van der Waals surface area contributed by atoms with Crippen LogP contribution < -0.4 is 5.32 Å². The zero-order chi connectivity index (χ0) is 11.4. The summed E-state index contributed by atoms with van der Waals surface area (Å²) in [6, 6.07) is 2.38. The van der Waals surface area contributed by atoms with Gasteiger partial charge in [0.25, 0.3) is 0 Å². The summed E-state index contributed by atoms with van der Waals surface area (Å²) >= 11 is 1.29. The summed E-state index contributed by atoms with van der Waals surface area (Å²) in [6.45, 7) is 0.656. The molecule has 16 heavy (non-hydrogen) atoms. The summed E-state index contributed by atoms with van der Waals surface area (Å²) in [5.41, 5.74) is 0.895. The van der Waals surface area contributed by atoms with Crippen LogP contribution in [-0.2, 0) is 6.54 Å². The summed E-state index contributed by atoms with van der Waals surface area (Å²) < 4.78 is 0. The average Bonchev–Trinajstić information content (AvgIpc) is 2.76. The van der Waals surface area contributed by atoms with Crippen LogP contribution in [0.25, 0.3) is 0 Å². The normalized spacial score (nSPS) is 19.9. The third-order valence-corrected chi connectivity index (χ3v) is 3.74. The van der Waals surface area contributed by atoms with Crippen LogP contribution in [0.4, 0.5) is 0 Å². The molecule has 1 aliphatic carbocycles. The number of hydrogen-bond donors (Lipinski definition) is 2. The Morgan fingerprint density at radius 2 is 2.44 bits per heavy atom. The van der Waals surface area contributed by atoms with Crippen LogP contribution in [0.1, 0.15) is 34.5 Å². The number of nitrogens with one attached hydrogen (secondary N) is 1. The minimum absolute atomic E-state index is 0.457. The summed E-state index contributed by atoms with van der Waals surface area (Å²) in [4.78, 5) is 11.4. The van der Waals surface area contributed by atoms with Crippen LogP contribution >= 0.6 is 11.3 Å². The second-order valence-electron chi connectivity index (χ2n) is 3.94. The van der Waals surface area contributed by atoms with E-state index in [-0.39, 0.29) is 0 Å². The highest BCUT2D eigenvalue weighted by Gasteiger charge is 2.13. The Balaban J connectivity index is 1.91. The maximum atomic E-state index is 10.9. The molecule has 0 bridgehead atoms. The molecule has 0 aromatic carbocycles. The zero-order valence-electron chi connectivity index (χ0n) is 8.98. The first-order valence-electron chi connectivity index (χ1n) is 5.45. The summed E-state index contributed by atoms with van der Waals surface area (Å²) in [5.74, 6) is -0.824. The fraction of sp³-hybridized carbons (Fsp3) is 0.417. The van der Waals surface area contributed by atoms with E-state index in [4.69, 9.17) is 5.11 Å². The lowest BCUT2D eigenvalue weighted by molar-refractivity contribution is 0.0701. The third kappa shape index (κ3) is 2.71. The molecule has 1 aromatic rings. The molecule has 4 heteroatoms. The molecule has 0 spiro atoms. The van der Waals surface area contributed by atoms with Crippen LogP contribution in [0, 0.1) is 0 Å². The van der Waals surface area contributed by atoms with Crippen molar-refractivity contribution < 1.29 is 9.90 Å². The average molecular weight is 237 g/mol. The van der Waals surface area contributed by atoms with Crippen molar-refractivity contribution in [3.05, 3.63) is 34.0 Å². The van der Waals surface area contributed by atoms with E-state index in [2.05, 4.69) is 17.5 Å². The smallest absolute Gasteiger partial charge is 0.346 e. The van der Waals surface area contributed by atoms with E-state index in [0.717, 1.165) is 24.8 Å². The van der Waals surface area contributed by atoms with Crippen molar-refractivity contribution in [2.45, 2.75) is 31.8 Å². The molecule has 1 atom stereocenters.